The van der Waals surface area contributed by atoms with Crippen molar-refractivity contribution in [1.29, 1.82) is 0 Å². The summed E-state index contributed by atoms with van der Waals surface area (Å²) in [7, 11) is 0. The Morgan fingerprint density at radius 2 is 1.85 bits per heavy atom. The van der Waals surface area contributed by atoms with E-state index in [0.717, 1.165) is 53.4 Å². The quantitative estimate of drug-likeness (QED) is 0.436. The molecule has 4 nitrogen and oxygen atoms in total. The molecule has 3 aromatic rings. The van der Waals surface area contributed by atoms with Crippen molar-refractivity contribution in [2.75, 3.05) is 13.2 Å². The van der Waals surface area contributed by atoms with Crippen molar-refractivity contribution in [1.82, 2.24) is 0 Å². The van der Waals surface area contributed by atoms with E-state index in [1.54, 1.807) is 0 Å². The average molecular weight is 445 g/mol. The van der Waals surface area contributed by atoms with Gasteiger partial charge in [0.15, 0.2) is 0 Å². The Balaban J connectivity index is 1.40. The summed E-state index contributed by atoms with van der Waals surface area (Å²) >= 11 is 0. The highest BCUT2D eigenvalue weighted by Gasteiger charge is 2.32. The first kappa shape index (κ1) is 21.7. The van der Waals surface area contributed by atoms with Gasteiger partial charge in [-0.1, -0.05) is 42.5 Å². The first-order valence-corrected chi connectivity index (χ1v) is 11.9. The average Bonchev–Trinajstić information content (AvgIpc) is 2.82. The van der Waals surface area contributed by atoms with Crippen molar-refractivity contribution >= 4 is 0 Å². The molecule has 3 aromatic carbocycles. The van der Waals surface area contributed by atoms with Gasteiger partial charge in [-0.2, -0.15) is 0 Å². The van der Waals surface area contributed by atoms with Gasteiger partial charge in [-0.25, -0.2) is 0 Å². The summed E-state index contributed by atoms with van der Waals surface area (Å²) in [5.41, 5.74) is 4.65. The van der Waals surface area contributed by atoms with Gasteiger partial charge in [0.25, 0.3) is 0 Å². The molecule has 0 saturated carbocycles. The van der Waals surface area contributed by atoms with E-state index >= 15 is 0 Å². The highest BCUT2D eigenvalue weighted by atomic mass is 16.5. The lowest BCUT2D eigenvalue weighted by Gasteiger charge is -2.36. The fourth-order valence-corrected chi connectivity index (χ4v) is 4.78. The van der Waals surface area contributed by atoms with Crippen molar-refractivity contribution < 1.29 is 18.9 Å². The molecule has 0 aliphatic carbocycles. The van der Waals surface area contributed by atoms with E-state index in [9.17, 15) is 0 Å². The molecular weight excluding hydrogens is 412 g/mol. The standard InChI is InChI=1S/C29H32O4/c1-4-30-23-11-12-24(27(17-23)31-18-20-8-6-5-7-9-20)22-16-21-10-13-26-25(28(21)32-19-22)14-15-29(2,3)33-26/h5-13,17,22H,4,14-16,18-19H2,1-3H3. The van der Waals surface area contributed by atoms with Crippen LogP contribution in [0.2, 0.25) is 0 Å². The normalized spacial score (nSPS) is 18.3. The maximum Gasteiger partial charge on any atom is 0.129 e. The van der Waals surface area contributed by atoms with Crippen molar-refractivity contribution in [2.45, 2.75) is 58.2 Å². The van der Waals surface area contributed by atoms with Gasteiger partial charge in [0.2, 0.25) is 0 Å². The molecule has 1 atom stereocenters. The molecule has 2 aliphatic rings. The summed E-state index contributed by atoms with van der Waals surface area (Å²) < 4.78 is 24.7. The lowest BCUT2D eigenvalue weighted by atomic mass is 9.86. The Labute approximate surface area is 196 Å². The van der Waals surface area contributed by atoms with Gasteiger partial charge in [-0.3, -0.25) is 0 Å². The summed E-state index contributed by atoms with van der Waals surface area (Å²) in [6, 6.07) is 20.7. The minimum Gasteiger partial charge on any atom is -0.494 e. The third kappa shape index (κ3) is 4.66. The first-order valence-electron chi connectivity index (χ1n) is 11.9. The predicted octanol–water partition coefficient (Wildman–Crippen LogP) is 6.49. The van der Waals surface area contributed by atoms with Crippen LogP contribution < -0.4 is 18.9 Å². The Kier molecular flexibility index (Phi) is 5.92. The minimum absolute atomic E-state index is 0.119. The second-order valence-electron chi connectivity index (χ2n) is 9.51. The van der Waals surface area contributed by atoms with E-state index < -0.39 is 0 Å². The molecule has 2 aliphatic heterocycles. The highest BCUT2D eigenvalue weighted by molar-refractivity contribution is 5.54. The van der Waals surface area contributed by atoms with Gasteiger partial charge >= 0.3 is 0 Å². The second kappa shape index (κ2) is 9.01. The van der Waals surface area contributed by atoms with Crippen LogP contribution in [0.25, 0.3) is 0 Å². The molecule has 0 saturated heterocycles. The molecule has 33 heavy (non-hydrogen) atoms. The maximum absolute atomic E-state index is 6.39. The topological polar surface area (TPSA) is 36.9 Å². The Hall–Kier alpha value is -3.14. The summed E-state index contributed by atoms with van der Waals surface area (Å²) in [6.07, 6.45) is 2.91. The minimum atomic E-state index is -0.119. The summed E-state index contributed by atoms with van der Waals surface area (Å²) in [5, 5.41) is 0. The Morgan fingerprint density at radius 1 is 1.00 bits per heavy atom. The van der Waals surface area contributed by atoms with E-state index in [-0.39, 0.29) is 11.5 Å². The molecule has 2 heterocycles. The highest BCUT2D eigenvalue weighted by Crippen LogP contribution is 2.45. The zero-order chi connectivity index (χ0) is 22.8. The van der Waals surface area contributed by atoms with Crippen LogP contribution in [0.3, 0.4) is 0 Å². The van der Waals surface area contributed by atoms with Crippen LogP contribution in [0.1, 0.15) is 55.4 Å². The smallest absolute Gasteiger partial charge is 0.129 e. The number of fused-ring (bicyclic) bond motifs is 3. The summed E-state index contributed by atoms with van der Waals surface area (Å²) in [5.74, 6) is 3.91. The lowest BCUT2D eigenvalue weighted by Crippen LogP contribution is -2.33. The van der Waals surface area contributed by atoms with Gasteiger partial charge in [-0.05, 0) is 63.3 Å². The second-order valence-corrected chi connectivity index (χ2v) is 9.51. The molecule has 0 N–H and O–H groups in total. The molecule has 4 heteroatoms. The number of ether oxygens (including phenoxy) is 4. The van der Waals surface area contributed by atoms with Crippen molar-refractivity contribution in [3.8, 4) is 23.0 Å². The predicted molar refractivity (Wildman–Crippen MR) is 130 cm³/mol. The molecular formula is C29H32O4. The molecule has 0 aromatic heterocycles. The molecule has 0 bridgehead atoms. The zero-order valence-corrected chi connectivity index (χ0v) is 19.7. The van der Waals surface area contributed by atoms with Gasteiger partial charge in [-0.15, -0.1) is 0 Å². The van der Waals surface area contributed by atoms with E-state index in [4.69, 9.17) is 18.9 Å². The summed E-state index contributed by atoms with van der Waals surface area (Å²) in [4.78, 5) is 0. The van der Waals surface area contributed by atoms with Gasteiger partial charge < -0.3 is 18.9 Å². The molecule has 1 unspecified atom stereocenters. The largest absolute Gasteiger partial charge is 0.494 e. The number of rotatable bonds is 6. The Bertz CT molecular complexity index is 1120. The van der Waals surface area contributed by atoms with E-state index in [1.165, 1.54) is 11.1 Å². The number of hydrogen-bond acceptors (Lipinski definition) is 4. The van der Waals surface area contributed by atoms with E-state index in [1.807, 2.05) is 37.3 Å². The van der Waals surface area contributed by atoms with Gasteiger partial charge in [0, 0.05) is 23.1 Å². The number of hydrogen-bond donors (Lipinski definition) is 0. The van der Waals surface area contributed by atoms with Crippen LogP contribution in [0, 0.1) is 0 Å². The third-order valence-corrected chi connectivity index (χ3v) is 6.53. The van der Waals surface area contributed by atoms with Crippen molar-refractivity contribution in [3.05, 3.63) is 82.9 Å². The lowest BCUT2D eigenvalue weighted by molar-refractivity contribution is 0.0826. The first-order chi connectivity index (χ1) is 16.0. The molecule has 0 spiro atoms. The third-order valence-electron chi connectivity index (χ3n) is 6.53. The Morgan fingerprint density at radius 3 is 2.67 bits per heavy atom. The van der Waals surface area contributed by atoms with Crippen LogP contribution in [0.5, 0.6) is 23.0 Å². The van der Waals surface area contributed by atoms with Crippen LogP contribution in [0.4, 0.5) is 0 Å². The molecule has 0 amide bonds. The van der Waals surface area contributed by atoms with Gasteiger partial charge in [0.05, 0.1) is 13.2 Å². The van der Waals surface area contributed by atoms with E-state index in [0.29, 0.717) is 19.8 Å². The fraction of sp³-hybridized carbons (Fsp3) is 0.379. The monoisotopic (exact) mass is 444 g/mol. The number of benzene rings is 3. The molecule has 172 valence electrons. The van der Waals surface area contributed by atoms with Crippen molar-refractivity contribution in [3.63, 3.8) is 0 Å². The van der Waals surface area contributed by atoms with E-state index in [2.05, 4.69) is 44.2 Å². The van der Waals surface area contributed by atoms with Crippen LogP contribution in [-0.4, -0.2) is 18.8 Å². The summed E-state index contributed by atoms with van der Waals surface area (Å²) in [6.45, 7) is 8.07. The molecule has 0 radical (unpaired) electrons. The zero-order valence-electron chi connectivity index (χ0n) is 19.7. The van der Waals surface area contributed by atoms with Gasteiger partial charge in [0.1, 0.15) is 35.2 Å². The van der Waals surface area contributed by atoms with Crippen LogP contribution >= 0.6 is 0 Å². The molecule has 5 rings (SSSR count). The maximum atomic E-state index is 6.39. The SMILES string of the molecule is CCOc1ccc(C2COc3c(ccc4c3CCC(C)(C)O4)C2)c(OCc2ccccc2)c1. The van der Waals surface area contributed by atoms with Crippen molar-refractivity contribution in [2.24, 2.45) is 0 Å². The van der Waals surface area contributed by atoms with Crippen LogP contribution in [-0.2, 0) is 19.4 Å². The molecule has 0 fully saturated rings. The van der Waals surface area contributed by atoms with Crippen LogP contribution in [0.15, 0.2) is 60.7 Å². The fourth-order valence-electron chi connectivity index (χ4n) is 4.78.